The Kier molecular flexibility index (Phi) is 5.93. The Balaban J connectivity index is 3.46. The fraction of sp³-hybridized carbons (Fsp3) is 0.778. The molecule has 1 amide bonds. The van der Waals surface area contributed by atoms with Crippen LogP contribution in [-0.4, -0.2) is 18.4 Å². The molecule has 4 nitrogen and oxygen atoms in total. The van der Waals surface area contributed by atoms with E-state index in [1.807, 2.05) is 13.8 Å². The predicted octanol–water partition coefficient (Wildman–Crippen LogP) is -0.321. The van der Waals surface area contributed by atoms with Gasteiger partial charge in [-0.15, -0.1) is 0 Å². The molecule has 1 N–H and O–H groups in total. The molecular formula is C9H16NO3-. The molecule has 0 aromatic rings. The van der Waals surface area contributed by atoms with Gasteiger partial charge in [0.1, 0.15) is 0 Å². The molecule has 0 bridgehead atoms. The summed E-state index contributed by atoms with van der Waals surface area (Å²) in [5.41, 5.74) is 0. The third-order valence-electron chi connectivity index (χ3n) is 1.90. The van der Waals surface area contributed by atoms with Crippen molar-refractivity contribution in [3.05, 3.63) is 0 Å². The minimum atomic E-state index is -1.18. The molecule has 0 aromatic heterocycles. The number of carboxylic acid groups (broad SMARTS) is 1. The molecule has 13 heavy (non-hydrogen) atoms. The summed E-state index contributed by atoms with van der Waals surface area (Å²) in [7, 11) is 0. The van der Waals surface area contributed by atoms with Crippen molar-refractivity contribution in [2.45, 2.75) is 33.1 Å². The number of aliphatic carboxylic acids is 1. The second-order valence-electron chi connectivity index (χ2n) is 3.19. The largest absolute Gasteiger partial charge is 0.550 e. The Morgan fingerprint density at radius 2 is 2.00 bits per heavy atom. The van der Waals surface area contributed by atoms with Gasteiger partial charge in [0, 0.05) is 18.9 Å². The van der Waals surface area contributed by atoms with Gasteiger partial charge in [0.2, 0.25) is 5.91 Å². The maximum atomic E-state index is 11.0. The molecule has 0 spiro atoms. The molecule has 1 unspecified atom stereocenters. The number of carbonyl (C=O) groups excluding carboxylic acids is 2. The topological polar surface area (TPSA) is 69.2 Å². The van der Waals surface area contributed by atoms with Crippen molar-refractivity contribution >= 4 is 11.9 Å². The number of hydrogen-bond donors (Lipinski definition) is 1. The van der Waals surface area contributed by atoms with E-state index in [4.69, 9.17) is 0 Å². The van der Waals surface area contributed by atoms with Gasteiger partial charge in [-0.2, -0.15) is 0 Å². The van der Waals surface area contributed by atoms with Crippen LogP contribution in [0.15, 0.2) is 0 Å². The summed E-state index contributed by atoms with van der Waals surface area (Å²) in [6.45, 7) is 4.68. The Morgan fingerprint density at radius 3 is 2.46 bits per heavy atom. The molecule has 0 saturated carbocycles. The van der Waals surface area contributed by atoms with Crippen molar-refractivity contribution in [1.29, 1.82) is 0 Å². The highest BCUT2D eigenvalue weighted by Gasteiger charge is 2.03. The first-order chi connectivity index (χ1) is 6.06. The number of carbonyl (C=O) groups is 2. The first kappa shape index (κ1) is 11.9. The van der Waals surface area contributed by atoms with E-state index in [2.05, 4.69) is 5.32 Å². The molecule has 0 radical (unpaired) electrons. The lowest BCUT2D eigenvalue weighted by Crippen LogP contribution is -2.30. The zero-order chi connectivity index (χ0) is 10.3. The Labute approximate surface area is 78.3 Å². The van der Waals surface area contributed by atoms with Gasteiger partial charge in [0.05, 0.1) is 0 Å². The average molecular weight is 186 g/mol. The molecule has 0 heterocycles. The van der Waals surface area contributed by atoms with E-state index < -0.39 is 5.97 Å². The minimum absolute atomic E-state index is 0.0127. The van der Waals surface area contributed by atoms with Crippen LogP contribution in [0.3, 0.4) is 0 Å². The van der Waals surface area contributed by atoms with Crippen LogP contribution in [0.1, 0.15) is 33.1 Å². The van der Waals surface area contributed by atoms with Gasteiger partial charge in [-0.05, 0) is 12.3 Å². The van der Waals surface area contributed by atoms with E-state index >= 15 is 0 Å². The van der Waals surface area contributed by atoms with Crippen molar-refractivity contribution in [3.8, 4) is 0 Å². The summed E-state index contributed by atoms with van der Waals surface area (Å²) in [4.78, 5) is 21.0. The molecule has 0 aromatic carbocycles. The molecule has 76 valence electrons. The fourth-order valence-electron chi connectivity index (χ4n) is 0.736. The van der Waals surface area contributed by atoms with Gasteiger partial charge in [-0.1, -0.05) is 20.3 Å². The van der Waals surface area contributed by atoms with Gasteiger partial charge in [0.15, 0.2) is 0 Å². The normalized spacial score (nSPS) is 12.2. The maximum absolute atomic E-state index is 11.0. The predicted molar refractivity (Wildman–Crippen MR) is 46.7 cm³/mol. The molecule has 1 atom stereocenters. The van der Waals surface area contributed by atoms with Gasteiger partial charge >= 0.3 is 0 Å². The minimum Gasteiger partial charge on any atom is -0.550 e. The van der Waals surface area contributed by atoms with Gasteiger partial charge in [-0.25, -0.2) is 0 Å². The number of hydrogen-bond acceptors (Lipinski definition) is 3. The first-order valence-electron chi connectivity index (χ1n) is 4.52. The highest BCUT2D eigenvalue weighted by molar-refractivity contribution is 5.79. The van der Waals surface area contributed by atoms with E-state index in [1.165, 1.54) is 0 Å². The summed E-state index contributed by atoms with van der Waals surface area (Å²) < 4.78 is 0. The second-order valence-corrected chi connectivity index (χ2v) is 3.19. The van der Waals surface area contributed by atoms with Gasteiger partial charge < -0.3 is 15.2 Å². The summed E-state index contributed by atoms with van der Waals surface area (Å²) in [6, 6.07) is 0. The Hall–Kier alpha value is -1.06. The molecule has 4 heteroatoms. The highest BCUT2D eigenvalue weighted by Crippen LogP contribution is 1.97. The Morgan fingerprint density at radius 1 is 1.38 bits per heavy atom. The van der Waals surface area contributed by atoms with E-state index in [1.54, 1.807) is 0 Å². The van der Waals surface area contributed by atoms with Gasteiger partial charge in [0.25, 0.3) is 0 Å². The van der Waals surface area contributed by atoms with Crippen LogP contribution >= 0.6 is 0 Å². The quantitative estimate of drug-likeness (QED) is 0.618. The van der Waals surface area contributed by atoms with E-state index in [-0.39, 0.29) is 18.7 Å². The third kappa shape index (κ3) is 7.31. The van der Waals surface area contributed by atoms with Crippen molar-refractivity contribution in [1.82, 2.24) is 5.32 Å². The van der Waals surface area contributed by atoms with E-state index in [9.17, 15) is 14.7 Å². The Bertz CT molecular complexity index is 180. The second kappa shape index (κ2) is 6.46. The monoisotopic (exact) mass is 186 g/mol. The molecule has 0 aliphatic rings. The van der Waals surface area contributed by atoms with Crippen LogP contribution in [0, 0.1) is 5.92 Å². The number of carboxylic acids is 1. The molecule has 0 saturated heterocycles. The standard InChI is InChI=1S/C9H17NO3/c1-3-7(2)6-10-8(11)4-5-9(12)13/h7H,3-6H2,1-2H3,(H,10,11)(H,12,13)/p-1. The van der Waals surface area contributed by atoms with Crippen molar-refractivity contribution < 1.29 is 14.7 Å². The SMILES string of the molecule is CCC(C)CNC(=O)CCC(=O)[O-]. The van der Waals surface area contributed by atoms with Crippen LogP contribution in [-0.2, 0) is 9.59 Å². The van der Waals surface area contributed by atoms with Crippen LogP contribution in [0.4, 0.5) is 0 Å². The molecular weight excluding hydrogens is 170 g/mol. The van der Waals surface area contributed by atoms with E-state index in [0.717, 1.165) is 6.42 Å². The lowest BCUT2D eigenvalue weighted by Gasteiger charge is -2.09. The van der Waals surface area contributed by atoms with Crippen LogP contribution in [0.5, 0.6) is 0 Å². The van der Waals surface area contributed by atoms with Crippen molar-refractivity contribution in [3.63, 3.8) is 0 Å². The fourth-order valence-corrected chi connectivity index (χ4v) is 0.736. The zero-order valence-electron chi connectivity index (χ0n) is 8.13. The molecule has 0 rings (SSSR count). The first-order valence-corrected chi connectivity index (χ1v) is 4.52. The number of rotatable bonds is 6. The van der Waals surface area contributed by atoms with Crippen LogP contribution in [0.25, 0.3) is 0 Å². The zero-order valence-corrected chi connectivity index (χ0v) is 8.13. The number of nitrogens with one attached hydrogen (secondary N) is 1. The lowest BCUT2D eigenvalue weighted by atomic mass is 10.1. The smallest absolute Gasteiger partial charge is 0.220 e. The summed E-state index contributed by atoms with van der Waals surface area (Å²) >= 11 is 0. The van der Waals surface area contributed by atoms with Crippen molar-refractivity contribution in [2.24, 2.45) is 5.92 Å². The highest BCUT2D eigenvalue weighted by atomic mass is 16.4. The number of amides is 1. The molecule has 0 aliphatic carbocycles. The third-order valence-corrected chi connectivity index (χ3v) is 1.90. The summed E-state index contributed by atoms with van der Waals surface area (Å²) in [5, 5.41) is 12.7. The molecule has 0 aliphatic heterocycles. The summed E-state index contributed by atoms with van der Waals surface area (Å²) in [6.07, 6.45) is 0.811. The average Bonchev–Trinajstić information content (AvgIpc) is 2.10. The summed E-state index contributed by atoms with van der Waals surface area (Å²) in [5.74, 6) is -0.963. The van der Waals surface area contributed by atoms with Crippen molar-refractivity contribution in [2.75, 3.05) is 6.54 Å². The molecule has 0 fully saturated rings. The van der Waals surface area contributed by atoms with Crippen LogP contribution < -0.4 is 10.4 Å². The maximum Gasteiger partial charge on any atom is 0.220 e. The van der Waals surface area contributed by atoms with Crippen LogP contribution in [0.2, 0.25) is 0 Å². The van der Waals surface area contributed by atoms with Gasteiger partial charge in [-0.3, -0.25) is 4.79 Å². The lowest BCUT2D eigenvalue weighted by molar-refractivity contribution is -0.305. The van der Waals surface area contributed by atoms with E-state index in [0.29, 0.717) is 12.5 Å².